The summed E-state index contributed by atoms with van der Waals surface area (Å²) in [5, 5.41) is 0. The predicted molar refractivity (Wildman–Crippen MR) is 104 cm³/mol. The fourth-order valence-corrected chi connectivity index (χ4v) is 5.34. The van der Waals surface area contributed by atoms with Gasteiger partial charge in [-0.2, -0.15) is 0 Å². The molecular formula is C20H36O5Si. The SMILES string of the molecule is C=C1[C@H](CCOC2CCCCO2)[C@@H](C(C)(C)C)C[C@@]1(OC=O)O[SiH](C)C. The summed E-state index contributed by atoms with van der Waals surface area (Å²) in [7, 11) is -1.42. The molecule has 1 saturated heterocycles. The average molecular weight is 385 g/mol. The molecule has 1 heterocycles. The van der Waals surface area contributed by atoms with Gasteiger partial charge in [-0.3, -0.25) is 4.79 Å². The van der Waals surface area contributed by atoms with E-state index < -0.39 is 14.8 Å². The first-order chi connectivity index (χ1) is 12.2. The first kappa shape index (κ1) is 21.6. The van der Waals surface area contributed by atoms with E-state index >= 15 is 0 Å². The Morgan fingerprint density at radius 2 is 2.08 bits per heavy atom. The molecule has 0 aromatic rings. The van der Waals surface area contributed by atoms with Crippen LogP contribution in [0, 0.1) is 17.3 Å². The highest BCUT2D eigenvalue weighted by Gasteiger charge is 2.54. The second kappa shape index (κ2) is 9.00. The zero-order valence-corrected chi connectivity index (χ0v) is 18.2. The number of hydrogen-bond donors (Lipinski definition) is 0. The van der Waals surface area contributed by atoms with E-state index in [4.69, 9.17) is 18.6 Å². The lowest BCUT2D eigenvalue weighted by Crippen LogP contribution is -2.39. The van der Waals surface area contributed by atoms with Crippen LogP contribution in [0.5, 0.6) is 0 Å². The van der Waals surface area contributed by atoms with Crippen molar-refractivity contribution in [3.05, 3.63) is 12.2 Å². The van der Waals surface area contributed by atoms with Crippen LogP contribution in [-0.4, -0.2) is 40.8 Å². The molecule has 0 aromatic heterocycles. The molecule has 150 valence electrons. The third kappa shape index (κ3) is 5.18. The van der Waals surface area contributed by atoms with Crippen LogP contribution < -0.4 is 0 Å². The molecule has 2 fully saturated rings. The maximum atomic E-state index is 11.2. The highest BCUT2D eigenvalue weighted by atomic mass is 28.3. The maximum absolute atomic E-state index is 11.2. The van der Waals surface area contributed by atoms with Gasteiger partial charge in [-0.25, -0.2) is 0 Å². The van der Waals surface area contributed by atoms with E-state index in [1.165, 1.54) is 0 Å². The normalized spacial score (nSPS) is 32.8. The van der Waals surface area contributed by atoms with Crippen LogP contribution >= 0.6 is 0 Å². The lowest BCUT2D eigenvalue weighted by molar-refractivity contribution is -0.171. The van der Waals surface area contributed by atoms with Crippen molar-refractivity contribution in [1.29, 1.82) is 0 Å². The highest BCUT2D eigenvalue weighted by molar-refractivity contribution is 6.48. The van der Waals surface area contributed by atoms with Crippen molar-refractivity contribution in [2.75, 3.05) is 13.2 Å². The van der Waals surface area contributed by atoms with Crippen molar-refractivity contribution in [1.82, 2.24) is 0 Å². The summed E-state index contributed by atoms with van der Waals surface area (Å²) >= 11 is 0. The minimum Gasteiger partial charge on any atom is -0.432 e. The zero-order chi connectivity index (χ0) is 19.4. The lowest BCUT2D eigenvalue weighted by atomic mass is 9.73. The number of hydrogen-bond acceptors (Lipinski definition) is 5. The van der Waals surface area contributed by atoms with Gasteiger partial charge in [-0.1, -0.05) is 27.4 Å². The molecule has 1 saturated carbocycles. The van der Waals surface area contributed by atoms with Gasteiger partial charge in [0.1, 0.15) is 0 Å². The van der Waals surface area contributed by atoms with Gasteiger partial charge in [0.25, 0.3) is 6.47 Å². The molecule has 0 radical (unpaired) electrons. The molecule has 0 amide bonds. The molecule has 0 N–H and O–H groups in total. The Morgan fingerprint density at radius 1 is 1.35 bits per heavy atom. The largest absolute Gasteiger partial charge is 0.432 e. The minimum absolute atomic E-state index is 0.0604. The van der Waals surface area contributed by atoms with E-state index in [1.807, 2.05) is 0 Å². The van der Waals surface area contributed by atoms with Crippen LogP contribution in [0.2, 0.25) is 13.1 Å². The summed E-state index contributed by atoms with van der Waals surface area (Å²) in [6.45, 7) is 17.1. The molecule has 0 aromatic carbocycles. The van der Waals surface area contributed by atoms with Crippen LogP contribution in [0.4, 0.5) is 0 Å². The van der Waals surface area contributed by atoms with Gasteiger partial charge >= 0.3 is 0 Å². The van der Waals surface area contributed by atoms with E-state index in [0.29, 0.717) is 25.4 Å². The third-order valence-corrected chi connectivity index (χ3v) is 6.41. The maximum Gasteiger partial charge on any atom is 0.295 e. The molecule has 26 heavy (non-hydrogen) atoms. The average Bonchev–Trinajstić information content (AvgIpc) is 2.82. The Balaban J connectivity index is 2.09. The van der Waals surface area contributed by atoms with Crippen LogP contribution in [0.1, 0.15) is 52.9 Å². The molecule has 2 aliphatic rings. The molecule has 2 rings (SSSR count). The van der Waals surface area contributed by atoms with E-state index in [-0.39, 0.29) is 17.6 Å². The summed E-state index contributed by atoms with van der Waals surface area (Å²) < 4.78 is 23.4. The van der Waals surface area contributed by atoms with Gasteiger partial charge in [-0.15, -0.1) is 0 Å². The monoisotopic (exact) mass is 384 g/mol. The van der Waals surface area contributed by atoms with Gasteiger partial charge in [0.05, 0.1) is 6.61 Å². The van der Waals surface area contributed by atoms with Gasteiger partial charge < -0.3 is 18.6 Å². The predicted octanol–water partition coefficient (Wildman–Crippen LogP) is 4.03. The third-order valence-electron chi connectivity index (χ3n) is 5.56. The fourth-order valence-electron chi connectivity index (χ4n) is 4.28. The Morgan fingerprint density at radius 3 is 2.62 bits per heavy atom. The van der Waals surface area contributed by atoms with Crippen LogP contribution in [0.3, 0.4) is 0 Å². The molecule has 0 spiro atoms. The quantitative estimate of drug-likeness (QED) is 0.274. The van der Waals surface area contributed by atoms with Gasteiger partial charge in [0.15, 0.2) is 15.3 Å². The Kier molecular flexibility index (Phi) is 7.48. The number of rotatable bonds is 8. The van der Waals surface area contributed by atoms with Crippen molar-refractivity contribution >= 4 is 15.5 Å². The summed E-state index contributed by atoms with van der Waals surface area (Å²) in [6.07, 6.45) is 4.68. The summed E-state index contributed by atoms with van der Waals surface area (Å²) in [5.74, 6) is -0.448. The Labute approximate surface area is 160 Å². The molecule has 4 atom stereocenters. The first-order valence-electron chi connectivity index (χ1n) is 9.91. The van der Waals surface area contributed by atoms with Gasteiger partial charge in [0.2, 0.25) is 5.79 Å². The Bertz CT molecular complexity index is 481. The molecule has 5 nitrogen and oxygen atoms in total. The molecular weight excluding hydrogens is 348 g/mol. The standard InChI is InChI=1S/C20H36O5Si/c1-15-16(10-12-23-18-9-7-8-11-22-18)17(19(2,3)4)13-20(15,24-14-21)25-26(5)6/h14,16-18,26H,1,7-13H2,2-6H3/t16-,17-,18?,20+/m0/s1. The van der Waals surface area contributed by atoms with E-state index in [2.05, 4.69) is 40.4 Å². The summed E-state index contributed by atoms with van der Waals surface area (Å²) in [4.78, 5) is 11.2. The van der Waals surface area contributed by atoms with Crippen LogP contribution in [0.25, 0.3) is 0 Å². The van der Waals surface area contributed by atoms with Crippen molar-refractivity contribution < 1.29 is 23.4 Å². The number of carbonyl (C=O) groups is 1. The smallest absolute Gasteiger partial charge is 0.295 e. The summed E-state index contributed by atoms with van der Waals surface area (Å²) in [5.41, 5.74) is 0.948. The molecule has 1 aliphatic heterocycles. The molecule has 0 bridgehead atoms. The van der Waals surface area contributed by atoms with E-state index in [1.54, 1.807) is 0 Å². The van der Waals surface area contributed by atoms with E-state index in [0.717, 1.165) is 37.9 Å². The molecule has 1 unspecified atom stereocenters. The second-order valence-corrected chi connectivity index (χ2v) is 11.2. The fraction of sp³-hybridized carbons (Fsp3) is 0.850. The highest BCUT2D eigenvalue weighted by Crippen LogP contribution is 2.54. The minimum atomic E-state index is -1.42. The van der Waals surface area contributed by atoms with Crippen molar-refractivity contribution in [2.45, 2.75) is 78.0 Å². The number of carbonyl (C=O) groups excluding carboxylic acids is 1. The van der Waals surface area contributed by atoms with Gasteiger partial charge in [0, 0.05) is 13.0 Å². The van der Waals surface area contributed by atoms with Crippen LogP contribution in [0.15, 0.2) is 12.2 Å². The topological polar surface area (TPSA) is 54.0 Å². The zero-order valence-electron chi connectivity index (χ0n) is 17.1. The molecule has 6 heteroatoms. The van der Waals surface area contributed by atoms with Crippen LogP contribution in [-0.2, 0) is 23.4 Å². The second-order valence-electron chi connectivity index (χ2n) is 8.90. The first-order valence-corrected chi connectivity index (χ1v) is 12.7. The Hall–Kier alpha value is -0.693. The van der Waals surface area contributed by atoms with Crippen molar-refractivity contribution in [3.63, 3.8) is 0 Å². The number of ether oxygens (including phenoxy) is 3. The van der Waals surface area contributed by atoms with Crippen molar-refractivity contribution in [3.8, 4) is 0 Å². The lowest BCUT2D eigenvalue weighted by Gasteiger charge is -2.33. The van der Waals surface area contributed by atoms with Gasteiger partial charge in [-0.05, 0) is 61.6 Å². The van der Waals surface area contributed by atoms with E-state index in [9.17, 15) is 4.79 Å². The molecule has 1 aliphatic carbocycles. The summed E-state index contributed by atoms with van der Waals surface area (Å²) in [6, 6.07) is 0. The van der Waals surface area contributed by atoms with Crippen molar-refractivity contribution in [2.24, 2.45) is 17.3 Å².